The molecule has 1 amide bonds. The van der Waals surface area contributed by atoms with Crippen LogP contribution in [0.1, 0.15) is 12.5 Å². The van der Waals surface area contributed by atoms with Crippen LogP contribution in [0.2, 0.25) is 0 Å². The lowest BCUT2D eigenvalue weighted by Gasteiger charge is -2.20. The lowest BCUT2D eigenvalue weighted by Crippen LogP contribution is -2.31. The summed E-state index contributed by atoms with van der Waals surface area (Å²) in [5.41, 5.74) is 1.83. The third-order valence-electron chi connectivity index (χ3n) is 4.23. The van der Waals surface area contributed by atoms with Crippen LogP contribution in [0.5, 0.6) is 0 Å². The van der Waals surface area contributed by atoms with Crippen molar-refractivity contribution in [2.24, 2.45) is 0 Å². The zero-order valence-corrected chi connectivity index (χ0v) is 16.3. The normalized spacial score (nSPS) is 11.3. The largest absolute Gasteiger partial charge is 0.338 e. The molecule has 0 radical (unpaired) electrons. The highest BCUT2D eigenvalue weighted by molar-refractivity contribution is 7.99. The van der Waals surface area contributed by atoms with E-state index in [0.29, 0.717) is 18.2 Å². The number of rotatable bonds is 6. The Kier molecular flexibility index (Phi) is 5.09. The number of halogens is 1. The molecule has 0 saturated carbocycles. The predicted octanol–water partition coefficient (Wildman–Crippen LogP) is 4.22. The van der Waals surface area contributed by atoms with Gasteiger partial charge in [-0.25, -0.2) is 4.39 Å². The van der Waals surface area contributed by atoms with Gasteiger partial charge in [-0.1, -0.05) is 47.4 Å². The molecule has 0 saturated heterocycles. The summed E-state index contributed by atoms with van der Waals surface area (Å²) >= 11 is 2.95. The first-order valence-electron chi connectivity index (χ1n) is 8.53. The predicted molar refractivity (Wildman–Crippen MR) is 107 cm³/mol. The van der Waals surface area contributed by atoms with E-state index in [2.05, 4.69) is 10.2 Å². The minimum Gasteiger partial charge on any atom is -0.338 e. The molecule has 0 atom stereocenters. The third-order valence-corrected chi connectivity index (χ3v) is 6.16. The maximum atomic E-state index is 13.4. The van der Waals surface area contributed by atoms with Crippen molar-refractivity contribution in [1.29, 1.82) is 0 Å². The summed E-state index contributed by atoms with van der Waals surface area (Å²) in [7, 11) is 0. The molecule has 2 aromatic carbocycles. The number of thioether (sulfide) groups is 1. The van der Waals surface area contributed by atoms with Gasteiger partial charge in [-0.3, -0.25) is 9.20 Å². The quantitative estimate of drug-likeness (QED) is 0.455. The van der Waals surface area contributed by atoms with Crippen molar-refractivity contribution in [3.05, 3.63) is 59.9 Å². The number of para-hydroxylation sites is 1. The zero-order chi connectivity index (χ0) is 18.8. The van der Waals surface area contributed by atoms with Crippen molar-refractivity contribution in [2.45, 2.75) is 18.6 Å². The second kappa shape index (κ2) is 7.66. The Labute approximate surface area is 163 Å². The number of fused-ring (bicyclic) bond motifs is 3. The number of benzene rings is 2. The molecular formula is C19H17FN4OS2. The summed E-state index contributed by atoms with van der Waals surface area (Å²) in [5.74, 6) is -0.0442. The smallest absolute Gasteiger partial charge is 0.233 e. The summed E-state index contributed by atoms with van der Waals surface area (Å²) in [4.78, 5) is 15.2. The van der Waals surface area contributed by atoms with E-state index in [9.17, 15) is 9.18 Å². The first-order chi connectivity index (χ1) is 13.2. The summed E-state index contributed by atoms with van der Waals surface area (Å²) < 4.78 is 16.5. The summed E-state index contributed by atoms with van der Waals surface area (Å²) in [5, 5.41) is 9.15. The van der Waals surface area contributed by atoms with Gasteiger partial charge >= 0.3 is 0 Å². The molecule has 8 heteroatoms. The van der Waals surface area contributed by atoms with Crippen molar-refractivity contribution in [3.8, 4) is 0 Å². The Morgan fingerprint density at radius 2 is 2.07 bits per heavy atom. The molecule has 0 aliphatic rings. The van der Waals surface area contributed by atoms with Crippen molar-refractivity contribution < 1.29 is 9.18 Å². The van der Waals surface area contributed by atoms with Gasteiger partial charge in [0.1, 0.15) is 5.82 Å². The fraction of sp³-hybridized carbons (Fsp3) is 0.211. The maximum absolute atomic E-state index is 13.4. The van der Waals surface area contributed by atoms with Crippen LogP contribution < -0.4 is 0 Å². The van der Waals surface area contributed by atoms with E-state index >= 15 is 0 Å². The van der Waals surface area contributed by atoms with Crippen LogP contribution in [-0.2, 0) is 11.3 Å². The van der Waals surface area contributed by atoms with E-state index in [1.807, 2.05) is 41.7 Å². The molecule has 2 heterocycles. The van der Waals surface area contributed by atoms with E-state index in [0.717, 1.165) is 20.7 Å². The molecular weight excluding hydrogens is 383 g/mol. The number of hydrogen-bond donors (Lipinski definition) is 0. The van der Waals surface area contributed by atoms with Crippen LogP contribution >= 0.6 is 23.1 Å². The zero-order valence-electron chi connectivity index (χ0n) is 14.6. The fourth-order valence-electron chi connectivity index (χ4n) is 2.90. The van der Waals surface area contributed by atoms with E-state index in [4.69, 9.17) is 0 Å². The average molecular weight is 401 g/mol. The van der Waals surface area contributed by atoms with Crippen molar-refractivity contribution >= 4 is 44.2 Å². The molecule has 5 nitrogen and oxygen atoms in total. The second-order valence-electron chi connectivity index (χ2n) is 6.00. The molecule has 2 aromatic heterocycles. The third kappa shape index (κ3) is 3.68. The molecule has 0 fully saturated rings. The minimum atomic E-state index is -0.291. The van der Waals surface area contributed by atoms with Gasteiger partial charge < -0.3 is 4.90 Å². The number of carbonyl (C=O) groups is 1. The van der Waals surface area contributed by atoms with Crippen LogP contribution in [0, 0.1) is 5.82 Å². The van der Waals surface area contributed by atoms with Gasteiger partial charge in [-0.05, 0) is 36.8 Å². The van der Waals surface area contributed by atoms with Gasteiger partial charge in [0.25, 0.3) is 0 Å². The second-order valence-corrected chi connectivity index (χ2v) is 7.95. The number of nitrogens with zero attached hydrogens (tertiary/aromatic N) is 4. The van der Waals surface area contributed by atoms with Gasteiger partial charge in [0.2, 0.25) is 10.9 Å². The first-order valence-corrected chi connectivity index (χ1v) is 10.3. The number of aromatic nitrogens is 3. The number of thiazole rings is 1. The SMILES string of the molecule is CCN(Cc1cccc(F)c1)C(=O)CSc1nnc2sc3ccccc3n12. The molecule has 138 valence electrons. The standard InChI is InChI=1S/C19H17FN4OS2/c1-2-23(11-13-6-5-7-14(20)10-13)17(25)12-26-18-21-22-19-24(18)15-8-3-4-9-16(15)27-19/h3-10H,2,11-12H2,1H3. The Balaban J connectivity index is 1.49. The molecule has 0 aliphatic heterocycles. The Hall–Kier alpha value is -2.45. The number of hydrogen-bond acceptors (Lipinski definition) is 5. The lowest BCUT2D eigenvalue weighted by molar-refractivity contribution is -0.128. The van der Waals surface area contributed by atoms with E-state index < -0.39 is 0 Å². The molecule has 4 rings (SSSR count). The van der Waals surface area contributed by atoms with Crippen LogP contribution in [0.3, 0.4) is 0 Å². The summed E-state index contributed by atoms with van der Waals surface area (Å²) in [6.45, 7) is 2.88. The number of carbonyl (C=O) groups excluding carboxylic acids is 1. The van der Waals surface area contributed by atoms with Crippen molar-refractivity contribution in [3.63, 3.8) is 0 Å². The molecule has 0 spiro atoms. The van der Waals surface area contributed by atoms with Crippen LogP contribution in [0.15, 0.2) is 53.7 Å². The molecule has 0 N–H and O–H groups in total. The minimum absolute atomic E-state index is 0.0111. The highest BCUT2D eigenvalue weighted by atomic mass is 32.2. The Morgan fingerprint density at radius 3 is 2.89 bits per heavy atom. The van der Waals surface area contributed by atoms with E-state index in [-0.39, 0.29) is 17.5 Å². The van der Waals surface area contributed by atoms with Gasteiger partial charge in [0, 0.05) is 13.1 Å². The van der Waals surface area contributed by atoms with Crippen LogP contribution in [-0.4, -0.2) is 37.7 Å². The molecule has 4 aromatic rings. The van der Waals surface area contributed by atoms with Crippen molar-refractivity contribution in [1.82, 2.24) is 19.5 Å². The Bertz CT molecular complexity index is 1110. The Morgan fingerprint density at radius 1 is 1.22 bits per heavy atom. The molecule has 0 bridgehead atoms. The fourth-order valence-corrected chi connectivity index (χ4v) is 4.77. The van der Waals surface area contributed by atoms with E-state index in [1.54, 1.807) is 22.3 Å². The lowest BCUT2D eigenvalue weighted by atomic mass is 10.2. The highest BCUT2D eigenvalue weighted by Crippen LogP contribution is 2.29. The monoisotopic (exact) mass is 400 g/mol. The van der Waals surface area contributed by atoms with Gasteiger partial charge in [-0.15, -0.1) is 10.2 Å². The summed E-state index contributed by atoms with van der Waals surface area (Å²) in [6, 6.07) is 14.4. The van der Waals surface area contributed by atoms with Gasteiger partial charge in [0.15, 0.2) is 5.16 Å². The molecule has 0 aliphatic carbocycles. The first kappa shape index (κ1) is 17.9. The summed E-state index contributed by atoms with van der Waals surface area (Å²) in [6.07, 6.45) is 0. The highest BCUT2D eigenvalue weighted by Gasteiger charge is 2.17. The average Bonchev–Trinajstić information content (AvgIpc) is 3.23. The maximum Gasteiger partial charge on any atom is 0.233 e. The molecule has 27 heavy (non-hydrogen) atoms. The topological polar surface area (TPSA) is 50.5 Å². The van der Waals surface area contributed by atoms with E-state index in [1.165, 1.54) is 23.9 Å². The molecule has 0 unspecified atom stereocenters. The van der Waals surface area contributed by atoms with Gasteiger partial charge in [0.05, 0.1) is 16.0 Å². The van der Waals surface area contributed by atoms with Crippen LogP contribution in [0.25, 0.3) is 15.2 Å². The van der Waals surface area contributed by atoms with Crippen LogP contribution in [0.4, 0.5) is 4.39 Å². The van der Waals surface area contributed by atoms with Crippen molar-refractivity contribution in [2.75, 3.05) is 12.3 Å². The van der Waals surface area contributed by atoms with Gasteiger partial charge in [-0.2, -0.15) is 0 Å². The number of amides is 1.